The van der Waals surface area contributed by atoms with Gasteiger partial charge in [-0.05, 0) is 230 Å². The van der Waals surface area contributed by atoms with Gasteiger partial charge in [-0.1, -0.05) is 308 Å². The molecular formula is C95H122N2O2. The molecule has 0 fully saturated rings. The summed E-state index contributed by atoms with van der Waals surface area (Å²) in [5.41, 5.74) is 34.3. The third-order valence-corrected chi connectivity index (χ3v) is 25.0. The van der Waals surface area contributed by atoms with Crippen LogP contribution in [0, 0.1) is 23.7 Å². The monoisotopic (exact) mass is 1320 g/mol. The van der Waals surface area contributed by atoms with Crippen LogP contribution in [0.1, 0.15) is 301 Å². The molecule has 4 heteroatoms. The number of nitrogens with one attached hydrogen (secondary N) is 1. The normalized spacial score (nSPS) is 18.3. The topological polar surface area (TPSA) is 64.3 Å². The Balaban J connectivity index is 0.000000202. The largest absolute Gasteiger partial charge is 0.444 e. The quantitative estimate of drug-likeness (QED) is 0.0561. The second kappa shape index (κ2) is 28.7. The zero-order valence-corrected chi connectivity index (χ0v) is 64.5. The molecule has 4 aliphatic carbocycles. The first-order valence-electron chi connectivity index (χ1n) is 38.9. The first kappa shape index (κ1) is 73.1. The highest BCUT2D eigenvalue weighted by Gasteiger charge is 2.55. The molecule has 3 N–H and O–H groups in total. The minimum atomic E-state index is -0.598. The smallest absolute Gasteiger partial charge is 0.412 e. The Bertz CT molecular complexity index is 4070. The molecule has 8 aromatic carbocycles. The molecule has 0 radical (unpaired) electrons. The maximum atomic E-state index is 13.3. The number of nitrogen functional groups attached to an aromatic ring is 1. The Morgan fingerprint density at radius 3 is 1.00 bits per heavy atom. The van der Waals surface area contributed by atoms with Gasteiger partial charge in [-0.2, -0.15) is 0 Å². The van der Waals surface area contributed by atoms with Crippen molar-refractivity contribution in [2.45, 2.75) is 272 Å². The van der Waals surface area contributed by atoms with Gasteiger partial charge in [0.15, 0.2) is 0 Å². The van der Waals surface area contributed by atoms with E-state index in [2.05, 4.69) is 268 Å². The molecule has 12 rings (SSSR count). The zero-order chi connectivity index (χ0) is 71.2. The lowest BCUT2D eigenvalue weighted by molar-refractivity contribution is 0.0636. The molecule has 0 aromatic heterocycles. The summed E-state index contributed by atoms with van der Waals surface area (Å²) in [5.74, 6) is 2.89. The molecule has 1 amide bonds. The highest BCUT2D eigenvalue weighted by molar-refractivity contribution is 6.02. The van der Waals surface area contributed by atoms with E-state index in [1.807, 2.05) is 26.8 Å². The van der Waals surface area contributed by atoms with Crippen LogP contribution in [0.2, 0.25) is 0 Å². The van der Waals surface area contributed by atoms with E-state index in [0.29, 0.717) is 11.8 Å². The van der Waals surface area contributed by atoms with Crippen LogP contribution < -0.4 is 11.1 Å². The number of hydrogen-bond acceptors (Lipinski definition) is 3. The highest BCUT2D eigenvalue weighted by atomic mass is 16.6. The first-order chi connectivity index (χ1) is 47.1. The summed E-state index contributed by atoms with van der Waals surface area (Å²) in [4.78, 5) is 13.3. The number of carbonyl (C=O) groups is 1. The van der Waals surface area contributed by atoms with Gasteiger partial charge in [0.2, 0.25) is 0 Å². The van der Waals surface area contributed by atoms with Crippen molar-refractivity contribution in [1.82, 2.24) is 0 Å². The fraction of sp³-hybridized carbons (Fsp3) is 0.484. The third-order valence-electron chi connectivity index (χ3n) is 25.0. The fourth-order valence-corrected chi connectivity index (χ4v) is 18.2. The third kappa shape index (κ3) is 13.3. The van der Waals surface area contributed by atoms with Crippen LogP contribution in [-0.4, -0.2) is 11.7 Å². The van der Waals surface area contributed by atoms with E-state index in [0.717, 1.165) is 54.5 Å². The number of benzene rings is 8. The van der Waals surface area contributed by atoms with Gasteiger partial charge >= 0.3 is 6.09 Å². The molecule has 524 valence electrons. The van der Waals surface area contributed by atoms with Gasteiger partial charge in [-0.15, -0.1) is 0 Å². The van der Waals surface area contributed by atoms with Gasteiger partial charge in [0, 0.05) is 16.8 Å². The van der Waals surface area contributed by atoms with Crippen molar-refractivity contribution in [3.05, 3.63) is 224 Å². The fourth-order valence-electron chi connectivity index (χ4n) is 18.2. The Hall–Kier alpha value is -7.17. The van der Waals surface area contributed by atoms with Crippen molar-refractivity contribution in [3.8, 4) is 44.5 Å². The summed E-state index contributed by atoms with van der Waals surface area (Å²) < 4.78 is 5.79. The van der Waals surface area contributed by atoms with Crippen LogP contribution in [0.25, 0.3) is 44.5 Å². The second-order valence-electron chi connectivity index (χ2n) is 34.6. The molecule has 4 unspecified atom stereocenters. The van der Waals surface area contributed by atoms with Gasteiger partial charge in [0.25, 0.3) is 0 Å². The molecule has 4 aliphatic rings. The molecule has 8 aromatic rings. The molecule has 0 saturated heterocycles. The predicted molar refractivity (Wildman–Crippen MR) is 425 cm³/mol. The summed E-state index contributed by atoms with van der Waals surface area (Å²) in [6.07, 6.45) is 18.9. The van der Waals surface area contributed by atoms with E-state index >= 15 is 0 Å². The van der Waals surface area contributed by atoms with Crippen LogP contribution >= 0.6 is 0 Å². The second-order valence-corrected chi connectivity index (χ2v) is 34.6. The van der Waals surface area contributed by atoms with Crippen molar-refractivity contribution in [1.29, 1.82) is 0 Å². The summed E-state index contributed by atoms with van der Waals surface area (Å²) in [6, 6.07) is 61.1. The minimum absolute atomic E-state index is 0.0727. The molecule has 4 atom stereocenters. The van der Waals surface area contributed by atoms with E-state index in [1.54, 1.807) is 0 Å². The van der Waals surface area contributed by atoms with E-state index in [4.69, 9.17) is 10.5 Å². The first-order valence-corrected chi connectivity index (χ1v) is 38.9. The summed E-state index contributed by atoms with van der Waals surface area (Å²) in [6.45, 7) is 43.9. The lowest BCUT2D eigenvalue weighted by Gasteiger charge is -2.35. The van der Waals surface area contributed by atoms with Gasteiger partial charge in [0.1, 0.15) is 5.60 Å². The SMILES string of the molecule is CCC(C)(CCCC(C)C)c1ccc2c(c1)C1(c3cc(C(C)(CC)CCCC(C)C)ccc3-2)c2ccccc2-c2c(N)cccc21.CCC(C)(CCCC(C)C)c1ccc2c(c1)C1(c3cc(C(C)(CC)CCCC(C)C)ccc3-2)c2ccccc2-c2c(NC(=O)OC(C)(C)C)cccc21. The Morgan fingerprint density at radius 2 is 0.677 bits per heavy atom. The van der Waals surface area contributed by atoms with Gasteiger partial charge in [-0.3, -0.25) is 5.32 Å². The number of carbonyl (C=O) groups excluding carboxylic acids is 1. The van der Waals surface area contributed by atoms with Crippen molar-refractivity contribution >= 4 is 17.5 Å². The maximum Gasteiger partial charge on any atom is 0.412 e. The van der Waals surface area contributed by atoms with Crippen LogP contribution in [0.5, 0.6) is 0 Å². The Labute approximate surface area is 599 Å². The van der Waals surface area contributed by atoms with Crippen molar-refractivity contribution in [3.63, 3.8) is 0 Å². The highest BCUT2D eigenvalue weighted by Crippen LogP contribution is 2.67. The average Bonchev–Trinajstić information content (AvgIpc) is 1.51. The van der Waals surface area contributed by atoms with Crippen LogP contribution in [0.4, 0.5) is 16.2 Å². The number of rotatable bonds is 25. The molecule has 2 spiro atoms. The zero-order valence-electron chi connectivity index (χ0n) is 64.5. The van der Waals surface area contributed by atoms with Crippen LogP contribution in [0.3, 0.4) is 0 Å². The van der Waals surface area contributed by atoms with Crippen molar-refractivity contribution in [2.75, 3.05) is 11.1 Å². The Kier molecular flexibility index (Phi) is 21.2. The summed E-state index contributed by atoms with van der Waals surface area (Å²) >= 11 is 0. The summed E-state index contributed by atoms with van der Waals surface area (Å²) in [7, 11) is 0. The molecular weight excluding hydrogens is 1200 g/mol. The van der Waals surface area contributed by atoms with Gasteiger partial charge < -0.3 is 10.5 Å². The van der Waals surface area contributed by atoms with E-state index in [-0.39, 0.29) is 27.1 Å². The van der Waals surface area contributed by atoms with Crippen LogP contribution in [0.15, 0.2) is 158 Å². The number of anilines is 2. The number of ether oxygens (including phenoxy) is 1. The molecule has 0 bridgehead atoms. The minimum Gasteiger partial charge on any atom is -0.444 e. The lowest BCUT2D eigenvalue weighted by Crippen LogP contribution is -2.29. The number of amides is 1. The molecule has 99 heavy (non-hydrogen) atoms. The average molecular weight is 1320 g/mol. The van der Waals surface area contributed by atoms with Gasteiger partial charge in [0.05, 0.1) is 16.5 Å². The Morgan fingerprint density at radius 1 is 0.374 bits per heavy atom. The van der Waals surface area contributed by atoms with Gasteiger partial charge in [-0.25, -0.2) is 4.79 Å². The number of nitrogens with two attached hydrogens (primary N) is 1. The number of hydrogen-bond donors (Lipinski definition) is 2. The van der Waals surface area contributed by atoms with E-state index in [9.17, 15) is 4.79 Å². The maximum absolute atomic E-state index is 13.3. The van der Waals surface area contributed by atoms with Crippen molar-refractivity contribution < 1.29 is 9.53 Å². The lowest BCUT2D eigenvalue weighted by atomic mass is 9.67. The molecule has 0 heterocycles. The molecule has 0 aliphatic heterocycles. The standard InChI is InChI=1S/C50H65NO2.C45H57N/c1-12-48(10,29-17-19-33(3)4)35-25-27-37-38-28-26-36(49(11,13-2)30-18-20-34(5)6)32-43(38)50(42(37)31-35)40-22-15-14-21-39(40)45-41(50)23-16-24-44(45)51-46(52)53-47(7,8)9;1-9-43(7,26-14-16-30(3)4)32-22-24-34-35-25-23-33(44(8,10-2)27-15-17-31(5)6)29-40(35)45(39(34)28-32)37-19-12-11-18-36(37)42-38(45)20-13-21-41(42)46/h14-16,21-28,31-34H,12-13,17-20,29-30H2,1-11H3,(H,51,52);11-13,18-25,28-31H,9-10,14-17,26-27,46H2,1-8H3. The molecule has 4 nitrogen and oxygen atoms in total. The van der Waals surface area contributed by atoms with Crippen molar-refractivity contribution in [2.24, 2.45) is 23.7 Å². The molecule has 0 saturated carbocycles. The van der Waals surface area contributed by atoms with Crippen LogP contribution in [-0.2, 0) is 37.2 Å². The summed E-state index contributed by atoms with van der Waals surface area (Å²) in [5, 5.41) is 3.19. The van der Waals surface area contributed by atoms with E-state index < -0.39 is 17.1 Å². The predicted octanol–water partition coefficient (Wildman–Crippen LogP) is 27.0. The number of fused-ring (bicyclic) bond motifs is 20. The van der Waals surface area contributed by atoms with E-state index in [1.165, 1.54) is 183 Å².